The smallest absolute Gasteiger partial charge is 0.227 e. The Kier molecular flexibility index (Phi) is 3.95. The number of ether oxygens (including phenoxy) is 2. The van der Waals surface area contributed by atoms with E-state index in [9.17, 15) is 9.59 Å². The molecule has 2 rings (SSSR count). The van der Waals surface area contributed by atoms with Crippen LogP contribution in [0.15, 0.2) is 18.2 Å². The van der Waals surface area contributed by atoms with Crippen molar-refractivity contribution in [3.63, 3.8) is 0 Å². The van der Waals surface area contributed by atoms with E-state index in [1.807, 2.05) is 0 Å². The summed E-state index contributed by atoms with van der Waals surface area (Å²) in [7, 11) is 3.07. The summed E-state index contributed by atoms with van der Waals surface area (Å²) in [5.41, 5.74) is 0.590. The van der Waals surface area contributed by atoms with Gasteiger partial charge in [-0.2, -0.15) is 0 Å². The minimum Gasteiger partial charge on any atom is -0.497 e. The number of anilines is 1. The number of carbonyl (C=O) groups excluding carboxylic acids is 2. The van der Waals surface area contributed by atoms with E-state index in [0.717, 1.165) is 0 Å². The van der Waals surface area contributed by atoms with Crippen molar-refractivity contribution in [2.24, 2.45) is 5.92 Å². The van der Waals surface area contributed by atoms with Crippen molar-refractivity contribution in [2.45, 2.75) is 6.42 Å². The van der Waals surface area contributed by atoms with Gasteiger partial charge in [-0.15, -0.1) is 0 Å². The lowest BCUT2D eigenvalue weighted by atomic mass is 10.1. The summed E-state index contributed by atoms with van der Waals surface area (Å²) in [6.45, 7) is 0.269. The number of hydrogen-bond acceptors (Lipinski definition) is 4. The van der Waals surface area contributed by atoms with Crippen molar-refractivity contribution in [2.75, 3.05) is 25.7 Å². The van der Waals surface area contributed by atoms with Crippen LogP contribution in [0.1, 0.15) is 6.42 Å². The Morgan fingerprint density at radius 2 is 2.11 bits per heavy atom. The van der Waals surface area contributed by atoms with Crippen LogP contribution in [-0.2, 0) is 9.59 Å². The lowest BCUT2D eigenvalue weighted by molar-refractivity contribution is -0.120. The van der Waals surface area contributed by atoms with Gasteiger partial charge < -0.3 is 14.4 Å². The standard InChI is InChI=1S/C13H14ClNO4/c1-18-9-3-4-11(19-2)10(6-9)15-7-8(13(14)17)5-12(15)16/h3-4,6,8H,5,7H2,1-2H3. The van der Waals surface area contributed by atoms with Crippen LogP contribution in [0.5, 0.6) is 11.5 Å². The highest BCUT2D eigenvalue weighted by molar-refractivity contribution is 6.64. The van der Waals surface area contributed by atoms with Gasteiger partial charge in [0.25, 0.3) is 0 Å². The Hall–Kier alpha value is -1.75. The predicted octanol–water partition coefficient (Wildman–Crippen LogP) is 1.82. The van der Waals surface area contributed by atoms with Crippen LogP contribution in [0, 0.1) is 5.92 Å². The highest BCUT2D eigenvalue weighted by Gasteiger charge is 2.35. The number of amides is 1. The van der Waals surface area contributed by atoms with Crippen LogP contribution in [-0.4, -0.2) is 31.9 Å². The predicted molar refractivity (Wildman–Crippen MR) is 70.9 cm³/mol. The average Bonchev–Trinajstić information content (AvgIpc) is 2.80. The summed E-state index contributed by atoms with van der Waals surface area (Å²) in [6, 6.07) is 5.17. The molecule has 1 aliphatic rings. The van der Waals surface area contributed by atoms with E-state index < -0.39 is 11.2 Å². The zero-order valence-electron chi connectivity index (χ0n) is 10.7. The fraction of sp³-hybridized carbons (Fsp3) is 0.385. The molecule has 6 heteroatoms. The fourth-order valence-electron chi connectivity index (χ4n) is 2.10. The first-order chi connectivity index (χ1) is 9.06. The summed E-state index contributed by atoms with van der Waals surface area (Å²) >= 11 is 5.46. The zero-order valence-corrected chi connectivity index (χ0v) is 11.4. The van der Waals surface area contributed by atoms with E-state index in [2.05, 4.69) is 0 Å². The molecule has 1 aromatic carbocycles. The molecule has 0 spiro atoms. The molecule has 0 aliphatic carbocycles. The van der Waals surface area contributed by atoms with Crippen molar-refractivity contribution in [3.05, 3.63) is 18.2 Å². The number of benzene rings is 1. The number of rotatable bonds is 4. The topological polar surface area (TPSA) is 55.8 Å². The molecule has 5 nitrogen and oxygen atoms in total. The molecule has 19 heavy (non-hydrogen) atoms. The molecule has 0 N–H and O–H groups in total. The van der Waals surface area contributed by atoms with E-state index in [1.54, 1.807) is 25.3 Å². The molecule has 0 bridgehead atoms. The Morgan fingerprint density at radius 3 is 2.63 bits per heavy atom. The van der Waals surface area contributed by atoms with Crippen LogP contribution in [0.2, 0.25) is 0 Å². The molecular weight excluding hydrogens is 270 g/mol. The van der Waals surface area contributed by atoms with Crippen LogP contribution in [0.3, 0.4) is 0 Å². The molecule has 1 aromatic rings. The first-order valence-corrected chi connectivity index (χ1v) is 6.16. The maximum Gasteiger partial charge on any atom is 0.227 e. The minimum atomic E-state index is -0.488. The fourth-order valence-corrected chi connectivity index (χ4v) is 2.25. The number of hydrogen-bond donors (Lipinski definition) is 0. The van der Waals surface area contributed by atoms with Gasteiger partial charge in [0.05, 0.1) is 25.8 Å². The first kappa shape index (κ1) is 13.7. The van der Waals surface area contributed by atoms with Gasteiger partial charge in [-0.25, -0.2) is 0 Å². The second kappa shape index (κ2) is 5.48. The van der Waals surface area contributed by atoms with Crippen LogP contribution in [0.25, 0.3) is 0 Å². The van der Waals surface area contributed by atoms with Gasteiger partial charge in [-0.1, -0.05) is 0 Å². The second-order valence-electron chi connectivity index (χ2n) is 4.25. The van der Waals surface area contributed by atoms with Gasteiger partial charge >= 0.3 is 0 Å². The monoisotopic (exact) mass is 283 g/mol. The minimum absolute atomic E-state index is 0.128. The van der Waals surface area contributed by atoms with E-state index in [0.29, 0.717) is 17.2 Å². The zero-order chi connectivity index (χ0) is 14.0. The number of nitrogens with zero attached hydrogens (tertiary/aromatic N) is 1. The SMILES string of the molecule is COc1ccc(OC)c(N2CC(C(=O)Cl)CC2=O)c1. The van der Waals surface area contributed by atoms with Crippen LogP contribution < -0.4 is 14.4 Å². The third-order valence-electron chi connectivity index (χ3n) is 3.12. The number of methoxy groups -OCH3 is 2. The van der Waals surface area contributed by atoms with Crippen LogP contribution >= 0.6 is 11.6 Å². The molecule has 0 saturated carbocycles. The van der Waals surface area contributed by atoms with Gasteiger partial charge in [-0.3, -0.25) is 9.59 Å². The quantitative estimate of drug-likeness (QED) is 0.791. The van der Waals surface area contributed by atoms with Gasteiger partial charge in [-0.05, 0) is 23.7 Å². The highest BCUT2D eigenvalue weighted by Crippen LogP contribution is 2.36. The summed E-state index contributed by atoms with van der Waals surface area (Å²) < 4.78 is 10.4. The molecular formula is C13H14ClNO4. The van der Waals surface area contributed by atoms with Crippen molar-refractivity contribution in [1.82, 2.24) is 0 Å². The molecule has 1 atom stereocenters. The molecule has 1 heterocycles. The third-order valence-corrected chi connectivity index (χ3v) is 3.43. The van der Waals surface area contributed by atoms with E-state index in [1.165, 1.54) is 12.0 Å². The Balaban J connectivity index is 2.35. The van der Waals surface area contributed by atoms with Crippen molar-refractivity contribution >= 4 is 28.4 Å². The van der Waals surface area contributed by atoms with Crippen LogP contribution in [0.4, 0.5) is 5.69 Å². The Labute approximate surface area is 116 Å². The van der Waals surface area contributed by atoms with E-state index >= 15 is 0 Å². The molecule has 1 aliphatic heterocycles. The summed E-state index contributed by atoms with van der Waals surface area (Å²) in [5, 5.41) is -0.488. The molecule has 0 radical (unpaired) electrons. The van der Waals surface area contributed by atoms with Gasteiger partial charge in [0.15, 0.2) is 0 Å². The Morgan fingerprint density at radius 1 is 1.37 bits per heavy atom. The van der Waals surface area contributed by atoms with E-state index in [-0.39, 0.29) is 18.9 Å². The molecule has 0 aromatic heterocycles. The van der Waals surface area contributed by atoms with Gasteiger partial charge in [0, 0.05) is 19.0 Å². The molecule has 1 fully saturated rings. The normalized spacial score (nSPS) is 18.6. The van der Waals surface area contributed by atoms with Gasteiger partial charge in [0.1, 0.15) is 11.5 Å². The largest absolute Gasteiger partial charge is 0.497 e. The second-order valence-corrected chi connectivity index (χ2v) is 4.62. The lowest BCUT2D eigenvalue weighted by Crippen LogP contribution is -2.25. The van der Waals surface area contributed by atoms with Crippen molar-refractivity contribution in [1.29, 1.82) is 0 Å². The Bertz CT molecular complexity index is 517. The third kappa shape index (κ3) is 2.66. The summed E-state index contributed by atoms with van der Waals surface area (Å²) in [5.74, 6) is 0.552. The van der Waals surface area contributed by atoms with Gasteiger partial charge in [0.2, 0.25) is 11.1 Å². The summed E-state index contributed by atoms with van der Waals surface area (Å²) in [4.78, 5) is 24.7. The van der Waals surface area contributed by atoms with Crippen molar-refractivity contribution < 1.29 is 19.1 Å². The number of halogens is 1. The van der Waals surface area contributed by atoms with Crippen molar-refractivity contribution in [3.8, 4) is 11.5 Å². The molecule has 1 amide bonds. The average molecular weight is 284 g/mol. The maximum absolute atomic E-state index is 12.0. The first-order valence-electron chi connectivity index (χ1n) is 5.78. The maximum atomic E-state index is 12.0. The summed E-state index contributed by atoms with van der Waals surface area (Å²) in [6.07, 6.45) is 0.128. The van der Waals surface area contributed by atoms with E-state index in [4.69, 9.17) is 21.1 Å². The molecule has 1 saturated heterocycles. The molecule has 102 valence electrons. The lowest BCUT2D eigenvalue weighted by Gasteiger charge is -2.20. The number of carbonyl (C=O) groups is 2. The highest BCUT2D eigenvalue weighted by atomic mass is 35.5. The molecule has 1 unspecified atom stereocenters.